The Morgan fingerprint density at radius 1 is 1.06 bits per heavy atom. The molecule has 0 saturated carbocycles. The summed E-state index contributed by atoms with van der Waals surface area (Å²) < 4.78 is 23.3. The summed E-state index contributed by atoms with van der Waals surface area (Å²) in [5.41, 5.74) is 3.58. The average Bonchev–Trinajstić information content (AvgIpc) is 3.41. The predicted molar refractivity (Wildman–Crippen MR) is 117 cm³/mol. The molecular formula is C24H23N3O5. The van der Waals surface area contributed by atoms with Crippen LogP contribution in [0, 0.1) is 13.8 Å². The smallest absolute Gasteiger partial charge is 0.342 e. The molecule has 8 nitrogen and oxygen atoms in total. The molecule has 4 aromatic rings. The molecule has 0 N–H and O–H groups in total. The lowest BCUT2D eigenvalue weighted by Gasteiger charge is -2.10. The van der Waals surface area contributed by atoms with Crippen molar-refractivity contribution < 1.29 is 23.5 Å². The van der Waals surface area contributed by atoms with E-state index < -0.39 is 5.97 Å². The van der Waals surface area contributed by atoms with Gasteiger partial charge in [-0.1, -0.05) is 23.4 Å². The standard InChI is InChI=1S/C24H23N3O5/c1-15-21(16(2)32-26-15)14-31-24(28)20-13-27(17-8-6-5-7-9-17)25-23(20)19-12-18(29-3)10-11-22(19)30-4/h5-13H,14H2,1-4H3. The molecule has 8 heteroatoms. The van der Waals surface area contributed by atoms with Crippen LogP contribution in [0.2, 0.25) is 0 Å². The molecule has 0 fully saturated rings. The SMILES string of the molecule is COc1ccc(OC)c(-c2nn(-c3ccccc3)cc2C(=O)OCc2c(C)noc2C)c1. The van der Waals surface area contributed by atoms with E-state index in [2.05, 4.69) is 10.3 Å². The maximum absolute atomic E-state index is 13.2. The van der Waals surface area contributed by atoms with Gasteiger partial charge in [0.05, 0.1) is 31.2 Å². The Morgan fingerprint density at radius 3 is 2.50 bits per heavy atom. The summed E-state index contributed by atoms with van der Waals surface area (Å²) in [4.78, 5) is 13.2. The zero-order valence-corrected chi connectivity index (χ0v) is 18.3. The van der Waals surface area contributed by atoms with Crippen molar-refractivity contribution in [1.82, 2.24) is 14.9 Å². The summed E-state index contributed by atoms with van der Waals surface area (Å²) in [5.74, 6) is 1.27. The molecule has 0 amide bonds. The highest BCUT2D eigenvalue weighted by Gasteiger charge is 2.24. The van der Waals surface area contributed by atoms with Crippen molar-refractivity contribution in [3.63, 3.8) is 0 Å². The quantitative estimate of drug-likeness (QED) is 0.396. The number of nitrogens with zero attached hydrogens (tertiary/aromatic N) is 3. The molecule has 0 bridgehead atoms. The van der Waals surface area contributed by atoms with Crippen LogP contribution < -0.4 is 9.47 Å². The third-order valence-corrected chi connectivity index (χ3v) is 5.15. The maximum atomic E-state index is 13.2. The summed E-state index contributed by atoms with van der Waals surface area (Å²) >= 11 is 0. The number of aryl methyl sites for hydroxylation is 2. The average molecular weight is 433 g/mol. The van der Waals surface area contributed by atoms with Crippen molar-refractivity contribution in [3.8, 4) is 28.4 Å². The summed E-state index contributed by atoms with van der Waals surface area (Å²) in [6.07, 6.45) is 1.65. The van der Waals surface area contributed by atoms with E-state index in [0.717, 1.165) is 11.3 Å². The highest BCUT2D eigenvalue weighted by Crippen LogP contribution is 2.35. The first-order chi connectivity index (χ1) is 15.5. The van der Waals surface area contributed by atoms with Crippen LogP contribution in [0.25, 0.3) is 16.9 Å². The number of benzene rings is 2. The number of ether oxygens (including phenoxy) is 3. The topological polar surface area (TPSA) is 88.6 Å². The Morgan fingerprint density at radius 2 is 1.84 bits per heavy atom. The number of methoxy groups -OCH3 is 2. The van der Waals surface area contributed by atoms with Crippen molar-refractivity contribution in [3.05, 3.63) is 77.3 Å². The van der Waals surface area contributed by atoms with Crippen molar-refractivity contribution in [2.75, 3.05) is 14.2 Å². The van der Waals surface area contributed by atoms with Crippen molar-refractivity contribution >= 4 is 5.97 Å². The fourth-order valence-corrected chi connectivity index (χ4v) is 3.36. The summed E-state index contributed by atoms with van der Waals surface area (Å²) in [6, 6.07) is 14.9. The van der Waals surface area contributed by atoms with Crippen LogP contribution in [0.5, 0.6) is 11.5 Å². The van der Waals surface area contributed by atoms with Gasteiger partial charge in [-0.25, -0.2) is 9.48 Å². The number of para-hydroxylation sites is 1. The van der Waals surface area contributed by atoms with Gasteiger partial charge in [0.15, 0.2) is 0 Å². The second kappa shape index (κ2) is 8.97. The molecule has 4 rings (SSSR count). The predicted octanol–water partition coefficient (Wildman–Crippen LogP) is 4.52. The minimum Gasteiger partial charge on any atom is -0.497 e. The van der Waals surface area contributed by atoms with Crippen LogP contribution in [-0.2, 0) is 11.3 Å². The molecule has 2 aromatic carbocycles. The Hall–Kier alpha value is -4.07. The lowest BCUT2D eigenvalue weighted by atomic mass is 10.1. The van der Waals surface area contributed by atoms with E-state index in [1.165, 1.54) is 0 Å². The molecule has 2 heterocycles. The summed E-state index contributed by atoms with van der Waals surface area (Å²) in [5, 5.41) is 8.59. The van der Waals surface area contributed by atoms with Gasteiger partial charge >= 0.3 is 5.97 Å². The van der Waals surface area contributed by atoms with Gasteiger partial charge < -0.3 is 18.7 Å². The number of carbonyl (C=O) groups is 1. The molecule has 32 heavy (non-hydrogen) atoms. The van der Waals surface area contributed by atoms with E-state index in [1.807, 2.05) is 30.3 Å². The molecular weight excluding hydrogens is 410 g/mol. The van der Waals surface area contributed by atoms with Gasteiger partial charge in [-0.2, -0.15) is 5.10 Å². The lowest BCUT2D eigenvalue weighted by Crippen LogP contribution is -2.07. The van der Waals surface area contributed by atoms with Gasteiger partial charge in [-0.3, -0.25) is 0 Å². The van der Waals surface area contributed by atoms with E-state index in [-0.39, 0.29) is 6.61 Å². The Bertz CT molecular complexity index is 1220. The van der Waals surface area contributed by atoms with Gasteiger partial charge in [0.1, 0.15) is 35.1 Å². The number of rotatable bonds is 7. The number of aromatic nitrogens is 3. The molecule has 0 spiro atoms. The van der Waals surface area contributed by atoms with Crippen LogP contribution in [0.3, 0.4) is 0 Å². The van der Waals surface area contributed by atoms with Crippen LogP contribution in [0.15, 0.2) is 59.3 Å². The van der Waals surface area contributed by atoms with Gasteiger partial charge in [-0.05, 0) is 44.2 Å². The zero-order chi connectivity index (χ0) is 22.7. The van der Waals surface area contributed by atoms with E-state index >= 15 is 0 Å². The van der Waals surface area contributed by atoms with E-state index in [4.69, 9.17) is 18.7 Å². The fraction of sp³-hybridized carbons (Fsp3) is 0.208. The molecule has 0 unspecified atom stereocenters. The summed E-state index contributed by atoms with van der Waals surface area (Å²) in [7, 11) is 3.14. The van der Waals surface area contributed by atoms with E-state index in [1.54, 1.807) is 57.1 Å². The number of carbonyl (C=O) groups excluding carboxylic acids is 1. The minimum atomic E-state index is -0.521. The molecule has 164 valence electrons. The van der Waals surface area contributed by atoms with Gasteiger partial charge in [0, 0.05) is 11.8 Å². The molecule has 0 atom stereocenters. The van der Waals surface area contributed by atoms with Crippen LogP contribution in [0.1, 0.15) is 27.4 Å². The van der Waals surface area contributed by atoms with Gasteiger partial charge in [-0.15, -0.1) is 0 Å². The first kappa shape index (κ1) is 21.2. The first-order valence-corrected chi connectivity index (χ1v) is 9.98. The molecule has 0 aliphatic carbocycles. The van der Waals surface area contributed by atoms with E-state index in [0.29, 0.717) is 39.8 Å². The number of hydrogen-bond acceptors (Lipinski definition) is 7. The second-order valence-electron chi connectivity index (χ2n) is 7.12. The highest BCUT2D eigenvalue weighted by atomic mass is 16.5. The van der Waals surface area contributed by atoms with Gasteiger partial charge in [0.25, 0.3) is 0 Å². The molecule has 0 aliphatic rings. The minimum absolute atomic E-state index is 0.0468. The van der Waals surface area contributed by atoms with Crippen molar-refractivity contribution in [2.45, 2.75) is 20.5 Å². The Balaban J connectivity index is 1.77. The summed E-state index contributed by atoms with van der Waals surface area (Å²) in [6.45, 7) is 3.63. The molecule has 0 radical (unpaired) electrons. The molecule has 2 aromatic heterocycles. The second-order valence-corrected chi connectivity index (χ2v) is 7.12. The maximum Gasteiger partial charge on any atom is 0.342 e. The van der Waals surface area contributed by atoms with Crippen LogP contribution in [-0.4, -0.2) is 35.1 Å². The normalized spacial score (nSPS) is 10.8. The number of hydrogen-bond donors (Lipinski definition) is 0. The van der Waals surface area contributed by atoms with Crippen LogP contribution >= 0.6 is 0 Å². The zero-order valence-electron chi connectivity index (χ0n) is 18.3. The lowest BCUT2D eigenvalue weighted by molar-refractivity contribution is 0.0471. The molecule has 0 saturated heterocycles. The third-order valence-electron chi connectivity index (χ3n) is 5.15. The molecule has 0 aliphatic heterocycles. The highest BCUT2D eigenvalue weighted by molar-refractivity contribution is 5.97. The first-order valence-electron chi connectivity index (χ1n) is 9.98. The van der Waals surface area contributed by atoms with E-state index in [9.17, 15) is 4.79 Å². The Labute approximate surface area is 185 Å². The van der Waals surface area contributed by atoms with Crippen molar-refractivity contribution in [1.29, 1.82) is 0 Å². The van der Waals surface area contributed by atoms with Crippen LogP contribution in [0.4, 0.5) is 0 Å². The largest absolute Gasteiger partial charge is 0.497 e. The third kappa shape index (κ3) is 4.07. The number of esters is 1. The van der Waals surface area contributed by atoms with Gasteiger partial charge in [0.2, 0.25) is 0 Å². The Kier molecular flexibility index (Phi) is 5.93. The monoisotopic (exact) mass is 433 g/mol. The van der Waals surface area contributed by atoms with Crippen molar-refractivity contribution in [2.24, 2.45) is 0 Å². The fourth-order valence-electron chi connectivity index (χ4n) is 3.36.